The van der Waals surface area contributed by atoms with E-state index >= 15 is 0 Å². The zero-order chi connectivity index (χ0) is 10.5. The van der Waals surface area contributed by atoms with Crippen molar-refractivity contribution in [2.45, 2.75) is 38.5 Å². The second-order valence-electron chi connectivity index (χ2n) is 4.58. The Morgan fingerprint density at radius 3 is 2.87 bits per heavy atom. The van der Waals surface area contributed by atoms with Gasteiger partial charge in [-0.2, -0.15) is 0 Å². The van der Waals surface area contributed by atoms with Crippen LogP contribution >= 0.6 is 0 Å². The van der Waals surface area contributed by atoms with Gasteiger partial charge in [-0.25, -0.2) is 4.98 Å². The predicted molar refractivity (Wildman–Crippen MR) is 62.9 cm³/mol. The zero-order valence-corrected chi connectivity index (χ0v) is 9.58. The first kappa shape index (κ1) is 10.5. The molecule has 1 aliphatic carbocycles. The summed E-state index contributed by atoms with van der Waals surface area (Å²) in [5.74, 6) is 1.94. The molecule has 0 saturated heterocycles. The minimum atomic E-state index is 0.950. The molecule has 1 aromatic rings. The molecule has 1 aliphatic rings. The molecule has 3 nitrogen and oxygen atoms in total. The van der Waals surface area contributed by atoms with Gasteiger partial charge in [0.15, 0.2) is 0 Å². The summed E-state index contributed by atoms with van der Waals surface area (Å²) in [6.07, 6.45) is 12.3. The highest BCUT2D eigenvalue weighted by molar-refractivity contribution is 5.24. The third-order valence-corrected chi connectivity index (χ3v) is 3.38. The molecule has 84 valence electrons. The van der Waals surface area contributed by atoms with Crippen LogP contribution in [0.1, 0.15) is 38.5 Å². The Balaban J connectivity index is 1.68. The molecule has 1 saturated carbocycles. The first-order valence-electron chi connectivity index (χ1n) is 6.07. The molecule has 0 aliphatic heterocycles. The van der Waals surface area contributed by atoms with Crippen molar-refractivity contribution in [3.05, 3.63) is 12.4 Å². The molecular weight excluding hydrogens is 186 g/mol. The third-order valence-electron chi connectivity index (χ3n) is 3.38. The highest BCUT2D eigenvalue weighted by Crippen LogP contribution is 2.25. The number of hydrogen-bond donors (Lipinski definition) is 1. The summed E-state index contributed by atoms with van der Waals surface area (Å²) in [5.41, 5.74) is 0. The number of hydrogen-bond acceptors (Lipinski definition) is 2. The first-order valence-corrected chi connectivity index (χ1v) is 6.07. The van der Waals surface area contributed by atoms with Gasteiger partial charge in [0.05, 0.1) is 0 Å². The summed E-state index contributed by atoms with van der Waals surface area (Å²) < 4.78 is 2.03. The molecular formula is C12H21N3. The van der Waals surface area contributed by atoms with E-state index in [2.05, 4.69) is 10.3 Å². The fourth-order valence-corrected chi connectivity index (χ4v) is 2.40. The minimum absolute atomic E-state index is 0.950. The Morgan fingerprint density at radius 1 is 1.40 bits per heavy atom. The van der Waals surface area contributed by atoms with E-state index in [0.717, 1.165) is 18.4 Å². The molecule has 1 heterocycles. The number of nitrogens with one attached hydrogen (secondary N) is 1. The lowest BCUT2D eigenvalue weighted by Crippen LogP contribution is -2.13. The van der Waals surface area contributed by atoms with Gasteiger partial charge < -0.3 is 9.88 Å². The first-order chi connectivity index (χ1) is 7.36. The smallest absolute Gasteiger partial charge is 0.202 e. The Hall–Kier alpha value is -0.990. The SMILES string of the molecule is Cn1ccnc1NCCC1CCCCC1. The topological polar surface area (TPSA) is 29.9 Å². The molecule has 1 N–H and O–H groups in total. The van der Waals surface area contributed by atoms with Gasteiger partial charge in [0.1, 0.15) is 0 Å². The van der Waals surface area contributed by atoms with Crippen LogP contribution in [0.25, 0.3) is 0 Å². The second-order valence-corrected chi connectivity index (χ2v) is 4.58. The van der Waals surface area contributed by atoms with E-state index in [1.165, 1.54) is 38.5 Å². The fraction of sp³-hybridized carbons (Fsp3) is 0.750. The molecule has 0 amide bonds. The van der Waals surface area contributed by atoms with E-state index < -0.39 is 0 Å². The molecule has 1 aromatic heterocycles. The maximum Gasteiger partial charge on any atom is 0.202 e. The van der Waals surface area contributed by atoms with Crippen LogP contribution in [0.4, 0.5) is 5.95 Å². The molecule has 0 aromatic carbocycles. The quantitative estimate of drug-likeness (QED) is 0.822. The van der Waals surface area contributed by atoms with Crippen LogP contribution in [-0.4, -0.2) is 16.1 Å². The number of anilines is 1. The lowest BCUT2D eigenvalue weighted by atomic mass is 9.87. The second kappa shape index (κ2) is 5.19. The Kier molecular flexibility index (Phi) is 3.64. The van der Waals surface area contributed by atoms with Gasteiger partial charge >= 0.3 is 0 Å². The van der Waals surface area contributed by atoms with Crippen molar-refractivity contribution in [3.8, 4) is 0 Å². The summed E-state index contributed by atoms with van der Waals surface area (Å²) in [7, 11) is 2.02. The highest BCUT2D eigenvalue weighted by atomic mass is 15.2. The number of rotatable bonds is 4. The molecule has 0 spiro atoms. The molecule has 0 atom stereocenters. The van der Waals surface area contributed by atoms with Crippen molar-refractivity contribution >= 4 is 5.95 Å². The Labute approximate surface area is 91.9 Å². The third kappa shape index (κ3) is 2.98. The summed E-state index contributed by atoms with van der Waals surface area (Å²) in [6.45, 7) is 1.06. The minimum Gasteiger partial charge on any atom is -0.356 e. The monoisotopic (exact) mass is 207 g/mol. The molecule has 3 heteroatoms. The summed E-state index contributed by atoms with van der Waals surface area (Å²) in [6, 6.07) is 0. The highest BCUT2D eigenvalue weighted by Gasteiger charge is 2.12. The number of aromatic nitrogens is 2. The lowest BCUT2D eigenvalue weighted by molar-refractivity contribution is 0.345. The summed E-state index contributed by atoms with van der Waals surface area (Å²) in [4.78, 5) is 4.25. The van der Waals surface area contributed by atoms with Gasteiger partial charge in [0, 0.05) is 26.0 Å². The predicted octanol–water partition coefficient (Wildman–Crippen LogP) is 2.80. The van der Waals surface area contributed by atoms with Gasteiger partial charge in [-0.05, 0) is 12.3 Å². The van der Waals surface area contributed by atoms with E-state index in [1.807, 2.05) is 24.0 Å². The maximum absolute atomic E-state index is 4.25. The summed E-state index contributed by atoms with van der Waals surface area (Å²) in [5, 5.41) is 3.39. The Morgan fingerprint density at radius 2 is 2.20 bits per heavy atom. The van der Waals surface area contributed by atoms with Crippen molar-refractivity contribution in [3.63, 3.8) is 0 Å². The van der Waals surface area contributed by atoms with Gasteiger partial charge in [-0.1, -0.05) is 32.1 Å². The van der Waals surface area contributed by atoms with Crippen molar-refractivity contribution in [2.24, 2.45) is 13.0 Å². The largest absolute Gasteiger partial charge is 0.356 e. The molecule has 0 bridgehead atoms. The van der Waals surface area contributed by atoms with E-state index in [0.29, 0.717) is 0 Å². The van der Waals surface area contributed by atoms with Crippen molar-refractivity contribution < 1.29 is 0 Å². The van der Waals surface area contributed by atoms with Crippen molar-refractivity contribution in [1.29, 1.82) is 0 Å². The Bertz CT molecular complexity index is 287. The standard InChI is InChI=1S/C12H21N3/c1-15-10-9-14-12(15)13-8-7-11-5-3-2-4-6-11/h9-11H,2-8H2,1H3,(H,13,14). The lowest BCUT2D eigenvalue weighted by Gasteiger charge is -2.21. The number of aryl methyl sites for hydroxylation is 1. The maximum atomic E-state index is 4.25. The van der Waals surface area contributed by atoms with Gasteiger partial charge in [-0.15, -0.1) is 0 Å². The van der Waals surface area contributed by atoms with E-state index in [-0.39, 0.29) is 0 Å². The average molecular weight is 207 g/mol. The van der Waals surface area contributed by atoms with Crippen molar-refractivity contribution in [2.75, 3.05) is 11.9 Å². The zero-order valence-electron chi connectivity index (χ0n) is 9.58. The number of imidazole rings is 1. The molecule has 0 radical (unpaired) electrons. The van der Waals surface area contributed by atoms with Crippen molar-refractivity contribution in [1.82, 2.24) is 9.55 Å². The van der Waals surface area contributed by atoms with E-state index in [9.17, 15) is 0 Å². The van der Waals surface area contributed by atoms with Crippen LogP contribution in [0.15, 0.2) is 12.4 Å². The molecule has 1 fully saturated rings. The molecule has 15 heavy (non-hydrogen) atoms. The van der Waals surface area contributed by atoms with Gasteiger partial charge in [0.25, 0.3) is 0 Å². The van der Waals surface area contributed by atoms with Gasteiger partial charge in [0.2, 0.25) is 5.95 Å². The van der Waals surface area contributed by atoms with Crippen LogP contribution in [0.3, 0.4) is 0 Å². The van der Waals surface area contributed by atoms with E-state index in [1.54, 1.807) is 0 Å². The molecule has 0 unspecified atom stereocenters. The fourth-order valence-electron chi connectivity index (χ4n) is 2.40. The number of nitrogens with zero attached hydrogens (tertiary/aromatic N) is 2. The average Bonchev–Trinajstić information content (AvgIpc) is 2.66. The normalized spacial score (nSPS) is 17.9. The van der Waals surface area contributed by atoms with Crippen LogP contribution < -0.4 is 5.32 Å². The van der Waals surface area contributed by atoms with Crippen LogP contribution in [-0.2, 0) is 7.05 Å². The van der Waals surface area contributed by atoms with Crippen LogP contribution in [0, 0.1) is 5.92 Å². The van der Waals surface area contributed by atoms with Gasteiger partial charge in [-0.3, -0.25) is 0 Å². The van der Waals surface area contributed by atoms with Crippen LogP contribution in [0.5, 0.6) is 0 Å². The van der Waals surface area contributed by atoms with E-state index in [4.69, 9.17) is 0 Å². The van der Waals surface area contributed by atoms with Crippen LogP contribution in [0.2, 0.25) is 0 Å². The summed E-state index contributed by atoms with van der Waals surface area (Å²) >= 11 is 0. The molecule has 2 rings (SSSR count).